The van der Waals surface area contributed by atoms with Crippen molar-refractivity contribution in [2.75, 3.05) is 7.11 Å². The van der Waals surface area contributed by atoms with Crippen LogP contribution in [0.5, 0.6) is 0 Å². The van der Waals surface area contributed by atoms with Gasteiger partial charge < -0.3 is 4.74 Å². The first-order valence-corrected chi connectivity index (χ1v) is 7.09. The van der Waals surface area contributed by atoms with Crippen LogP contribution in [0.15, 0.2) is 23.1 Å². The number of nitro groups is 1. The normalized spacial score (nSPS) is 12.8. The first-order chi connectivity index (χ1) is 9.19. The van der Waals surface area contributed by atoms with E-state index in [9.17, 15) is 23.3 Å². The predicted molar refractivity (Wildman–Crippen MR) is 69.9 cm³/mol. The second-order valence-electron chi connectivity index (χ2n) is 3.74. The molecule has 1 N–H and O–H groups in total. The number of hydrogen-bond acceptors (Lipinski definition) is 6. The molecule has 1 aromatic carbocycles. The zero-order valence-corrected chi connectivity index (χ0v) is 12.1. The Morgan fingerprint density at radius 2 is 2.10 bits per heavy atom. The van der Waals surface area contributed by atoms with Gasteiger partial charge in [-0.15, -0.1) is 0 Å². The monoisotopic (exact) mass is 322 g/mol. The second kappa shape index (κ2) is 6.16. The Hall–Kier alpha value is -1.71. The molecule has 0 saturated heterocycles. The Morgan fingerprint density at radius 1 is 1.50 bits per heavy atom. The van der Waals surface area contributed by atoms with E-state index >= 15 is 0 Å². The molecular weight excluding hydrogens is 312 g/mol. The zero-order chi connectivity index (χ0) is 15.5. The van der Waals surface area contributed by atoms with Crippen molar-refractivity contribution in [1.82, 2.24) is 4.72 Å². The Morgan fingerprint density at radius 3 is 2.60 bits per heavy atom. The lowest BCUT2D eigenvalue weighted by Gasteiger charge is -2.12. The molecule has 0 aliphatic heterocycles. The van der Waals surface area contributed by atoms with Crippen molar-refractivity contribution in [2.45, 2.75) is 17.9 Å². The molecule has 0 radical (unpaired) electrons. The van der Waals surface area contributed by atoms with E-state index in [1.165, 1.54) is 6.92 Å². The summed E-state index contributed by atoms with van der Waals surface area (Å²) in [6.07, 6.45) is 0. The van der Waals surface area contributed by atoms with Crippen molar-refractivity contribution in [3.63, 3.8) is 0 Å². The van der Waals surface area contributed by atoms with Crippen LogP contribution in [0.4, 0.5) is 5.69 Å². The number of nitrogens with one attached hydrogen (secondary N) is 1. The van der Waals surface area contributed by atoms with E-state index in [-0.39, 0.29) is 9.92 Å². The second-order valence-corrected chi connectivity index (χ2v) is 5.86. The lowest BCUT2D eigenvalue weighted by molar-refractivity contribution is -0.384. The number of methoxy groups -OCH3 is 1. The molecule has 8 nitrogen and oxygen atoms in total. The van der Waals surface area contributed by atoms with Crippen LogP contribution >= 0.6 is 11.6 Å². The SMILES string of the molecule is COC(=O)[C@H](C)NS(=O)(=O)c1ccc(Cl)c([N+](=O)[O-])c1. The first kappa shape index (κ1) is 16.3. The van der Waals surface area contributed by atoms with Gasteiger partial charge in [0, 0.05) is 6.07 Å². The van der Waals surface area contributed by atoms with E-state index in [0.717, 1.165) is 25.3 Å². The maximum absolute atomic E-state index is 12.0. The highest BCUT2D eigenvalue weighted by Crippen LogP contribution is 2.27. The van der Waals surface area contributed by atoms with E-state index in [4.69, 9.17) is 11.6 Å². The Labute approximate surface area is 119 Å². The molecular formula is C10H11ClN2O6S. The average Bonchev–Trinajstić information content (AvgIpc) is 2.36. The minimum atomic E-state index is -4.10. The summed E-state index contributed by atoms with van der Waals surface area (Å²) in [6, 6.07) is 1.88. The third-order valence-corrected chi connectivity index (χ3v) is 4.17. The topological polar surface area (TPSA) is 116 Å². The fourth-order valence-electron chi connectivity index (χ4n) is 1.33. The number of benzene rings is 1. The summed E-state index contributed by atoms with van der Waals surface area (Å²) in [6.45, 7) is 1.29. The first-order valence-electron chi connectivity index (χ1n) is 5.23. The fourth-order valence-corrected chi connectivity index (χ4v) is 2.72. The largest absolute Gasteiger partial charge is 0.468 e. The minimum absolute atomic E-state index is 0.185. The van der Waals surface area contributed by atoms with Gasteiger partial charge in [0.15, 0.2) is 0 Å². The minimum Gasteiger partial charge on any atom is -0.468 e. The van der Waals surface area contributed by atoms with Gasteiger partial charge in [0.25, 0.3) is 5.69 Å². The molecule has 0 aliphatic carbocycles. The van der Waals surface area contributed by atoms with Crippen molar-refractivity contribution in [2.24, 2.45) is 0 Å². The van der Waals surface area contributed by atoms with Crippen molar-refractivity contribution in [1.29, 1.82) is 0 Å². The molecule has 10 heteroatoms. The van der Waals surface area contributed by atoms with Crippen LogP contribution in [-0.2, 0) is 19.6 Å². The quantitative estimate of drug-likeness (QED) is 0.493. The summed E-state index contributed by atoms with van der Waals surface area (Å²) >= 11 is 5.59. The molecule has 1 atom stereocenters. The Balaban J connectivity index is 3.13. The van der Waals surface area contributed by atoms with Crippen LogP contribution in [0.2, 0.25) is 5.02 Å². The number of rotatable bonds is 5. The third-order valence-electron chi connectivity index (χ3n) is 2.31. The number of carbonyl (C=O) groups is 1. The van der Waals surface area contributed by atoms with Gasteiger partial charge in [0.1, 0.15) is 11.1 Å². The highest BCUT2D eigenvalue weighted by Gasteiger charge is 2.25. The number of nitrogens with zero attached hydrogens (tertiary/aromatic N) is 1. The number of halogens is 1. The van der Waals surface area contributed by atoms with Crippen LogP contribution in [0.3, 0.4) is 0 Å². The molecule has 110 valence electrons. The van der Waals surface area contributed by atoms with E-state index in [1.807, 2.05) is 4.72 Å². The van der Waals surface area contributed by atoms with Crippen molar-refractivity contribution in [3.05, 3.63) is 33.3 Å². The number of sulfonamides is 1. The summed E-state index contributed by atoms with van der Waals surface area (Å²) in [5.74, 6) is -0.781. The number of carbonyl (C=O) groups excluding carboxylic acids is 1. The van der Waals surface area contributed by atoms with Gasteiger partial charge in [-0.25, -0.2) is 8.42 Å². The van der Waals surface area contributed by atoms with Crippen LogP contribution in [0, 0.1) is 10.1 Å². The van der Waals surface area contributed by atoms with Gasteiger partial charge in [0.2, 0.25) is 10.0 Å². The highest BCUT2D eigenvalue weighted by molar-refractivity contribution is 7.89. The smallest absolute Gasteiger partial charge is 0.323 e. The lowest BCUT2D eigenvalue weighted by atomic mass is 10.3. The van der Waals surface area contributed by atoms with Crippen LogP contribution in [-0.4, -0.2) is 32.5 Å². The molecule has 0 amide bonds. The third kappa shape index (κ3) is 3.65. The number of nitro benzene ring substituents is 1. The van der Waals surface area contributed by atoms with Crippen molar-refractivity contribution in [3.8, 4) is 0 Å². The van der Waals surface area contributed by atoms with E-state index < -0.39 is 32.6 Å². The lowest BCUT2D eigenvalue weighted by Crippen LogP contribution is -2.39. The molecule has 1 rings (SSSR count). The predicted octanol–water partition coefficient (Wildman–Crippen LogP) is 1.09. The molecule has 1 aromatic rings. The molecule has 0 aromatic heterocycles. The van der Waals surface area contributed by atoms with Gasteiger partial charge in [-0.3, -0.25) is 14.9 Å². The van der Waals surface area contributed by atoms with Crippen molar-refractivity contribution >= 4 is 33.3 Å². The standard InChI is InChI=1S/C10H11ClN2O6S/c1-6(10(14)19-2)12-20(17,18)7-3-4-8(11)9(5-7)13(15)16/h3-6,12H,1-2H3/t6-/m0/s1. The van der Waals surface area contributed by atoms with Crippen LogP contribution in [0.1, 0.15) is 6.92 Å². The van der Waals surface area contributed by atoms with Gasteiger partial charge in [-0.1, -0.05) is 11.6 Å². The van der Waals surface area contributed by atoms with Crippen LogP contribution < -0.4 is 4.72 Å². The molecule has 0 heterocycles. The number of ether oxygens (including phenoxy) is 1. The van der Waals surface area contributed by atoms with E-state index in [2.05, 4.69) is 4.74 Å². The number of hydrogen-bond donors (Lipinski definition) is 1. The van der Waals surface area contributed by atoms with Gasteiger partial charge in [-0.05, 0) is 19.1 Å². The molecule has 0 aliphatic rings. The molecule has 0 bridgehead atoms. The number of esters is 1. The Bertz CT molecular complexity index is 645. The van der Waals surface area contributed by atoms with Gasteiger partial charge in [-0.2, -0.15) is 4.72 Å². The maximum Gasteiger partial charge on any atom is 0.323 e. The molecule has 0 saturated carbocycles. The molecule has 0 unspecified atom stereocenters. The fraction of sp³-hybridized carbons (Fsp3) is 0.300. The van der Waals surface area contributed by atoms with Crippen molar-refractivity contribution < 1.29 is 22.9 Å². The summed E-state index contributed by atoms with van der Waals surface area (Å²) in [4.78, 5) is 20.7. The van der Waals surface area contributed by atoms with Gasteiger partial charge >= 0.3 is 5.97 Å². The highest BCUT2D eigenvalue weighted by atomic mass is 35.5. The summed E-state index contributed by atoms with van der Waals surface area (Å²) in [7, 11) is -2.99. The molecule has 0 spiro atoms. The molecule has 20 heavy (non-hydrogen) atoms. The summed E-state index contributed by atoms with van der Waals surface area (Å²) in [5, 5.41) is 10.5. The summed E-state index contributed by atoms with van der Waals surface area (Å²) in [5.41, 5.74) is -0.541. The molecule has 0 fully saturated rings. The van der Waals surface area contributed by atoms with E-state index in [1.54, 1.807) is 0 Å². The summed E-state index contributed by atoms with van der Waals surface area (Å²) < 4.78 is 30.3. The van der Waals surface area contributed by atoms with E-state index in [0.29, 0.717) is 0 Å². The Kier molecular flexibility index (Phi) is 5.03. The maximum atomic E-state index is 12.0. The average molecular weight is 323 g/mol. The van der Waals surface area contributed by atoms with Gasteiger partial charge in [0.05, 0.1) is 16.9 Å². The zero-order valence-electron chi connectivity index (χ0n) is 10.5. The van der Waals surface area contributed by atoms with Crippen LogP contribution in [0.25, 0.3) is 0 Å².